The predicted octanol–water partition coefficient (Wildman–Crippen LogP) is 4.29. The van der Waals surface area contributed by atoms with E-state index in [-0.39, 0.29) is 0 Å². The van der Waals surface area contributed by atoms with E-state index in [1.807, 2.05) is 11.3 Å². The summed E-state index contributed by atoms with van der Waals surface area (Å²) < 4.78 is 0. The minimum atomic E-state index is 0.597. The molecule has 0 radical (unpaired) electrons. The lowest BCUT2D eigenvalue weighted by atomic mass is 9.93. The molecule has 1 fully saturated rings. The van der Waals surface area contributed by atoms with Gasteiger partial charge in [-0.2, -0.15) is 11.3 Å². The standard InChI is InChI=1S/C14H23NS/c1-3-15-14(8-12-6-4-5-7-12)13-10-16-9-11(13)2/h9-10,12,14-15H,3-8H2,1-2H3. The van der Waals surface area contributed by atoms with Crippen molar-refractivity contribution in [2.45, 2.75) is 52.0 Å². The van der Waals surface area contributed by atoms with Crippen LogP contribution in [0.2, 0.25) is 0 Å². The molecular formula is C14H23NS. The van der Waals surface area contributed by atoms with E-state index in [0.29, 0.717) is 6.04 Å². The number of nitrogens with one attached hydrogen (secondary N) is 1. The van der Waals surface area contributed by atoms with Crippen LogP contribution in [-0.4, -0.2) is 6.54 Å². The molecular weight excluding hydrogens is 214 g/mol. The van der Waals surface area contributed by atoms with Crippen molar-refractivity contribution in [3.05, 3.63) is 21.9 Å². The van der Waals surface area contributed by atoms with Crippen molar-refractivity contribution in [2.24, 2.45) is 5.92 Å². The number of hydrogen-bond acceptors (Lipinski definition) is 2. The maximum Gasteiger partial charge on any atom is 0.0333 e. The molecule has 2 heteroatoms. The Kier molecular flexibility index (Phi) is 4.42. The molecule has 1 aliphatic carbocycles. The van der Waals surface area contributed by atoms with Gasteiger partial charge < -0.3 is 5.32 Å². The second-order valence-electron chi connectivity index (χ2n) is 5.01. The summed E-state index contributed by atoms with van der Waals surface area (Å²) >= 11 is 1.84. The van der Waals surface area contributed by atoms with Crippen molar-refractivity contribution in [3.63, 3.8) is 0 Å². The predicted molar refractivity (Wildman–Crippen MR) is 72.0 cm³/mol. The number of aryl methyl sites for hydroxylation is 1. The van der Waals surface area contributed by atoms with Crippen molar-refractivity contribution < 1.29 is 0 Å². The lowest BCUT2D eigenvalue weighted by molar-refractivity contribution is 0.400. The second-order valence-corrected chi connectivity index (χ2v) is 5.75. The van der Waals surface area contributed by atoms with E-state index in [1.165, 1.54) is 37.7 Å². The molecule has 1 saturated carbocycles. The molecule has 2 rings (SSSR count). The second kappa shape index (κ2) is 5.83. The molecule has 0 aliphatic heterocycles. The zero-order chi connectivity index (χ0) is 11.4. The summed E-state index contributed by atoms with van der Waals surface area (Å²) in [4.78, 5) is 0. The number of rotatable bonds is 5. The highest BCUT2D eigenvalue weighted by Gasteiger charge is 2.21. The summed E-state index contributed by atoms with van der Waals surface area (Å²) in [5.74, 6) is 0.961. The molecule has 0 spiro atoms. The van der Waals surface area contributed by atoms with Crippen LogP contribution in [0.5, 0.6) is 0 Å². The minimum absolute atomic E-state index is 0.597. The molecule has 1 N–H and O–H groups in total. The van der Waals surface area contributed by atoms with Gasteiger partial charge in [0.15, 0.2) is 0 Å². The van der Waals surface area contributed by atoms with Crippen LogP contribution in [0.25, 0.3) is 0 Å². The molecule has 0 saturated heterocycles. The highest BCUT2D eigenvalue weighted by Crippen LogP contribution is 2.34. The molecule has 1 atom stereocenters. The van der Waals surface area contributed by atoms with Gasteiger partial charge in [-0.3, -0.25) is 0 Å². The fourth-order valence-corrected chi connectivity index (χ4v) is 3.78. The molecule has 1 heterocycles. The zero-order valence-electron chi connectivity index (χ0n) is 10.5. The van der Waals surface area contributed by atoms with E-state index in [4.69, 9.17) is 0 Å². The van der Waals surface area contributed by atoms with Crippen LogP contribution in [0.15, 0.2) is 10.8 Å². The van der Waals surface area contributed by atoms with E-state index in [1.54, 1.807) is 5.56 Å². The van der Waals surface area contributed by atoms with Crippen LogP contribution in [0.4, 0.5) is 0 Å². The molecule has 1 aliphatic rings. The first-order valence-corrected chi connectivity index (χ1v) is 7.51. The number of hydrogen-bond donors (Lipinski definition) is 1. The first-order chi connectivity index (χ1) is 7.81. The molecule has 1 aromatic heterocycles. The molecule has 90 valence electrons. The first-order valence-electron chi connectivity index (χ1n) is 6.57. The van der Waals surface area contributed by atoms with E-state index >= 15 is 0 Å². The van der Waals surface area contributed by atoms with Crippen LogP contribution in [0, 0.1) is 12.8 Å². The van der Waals surface area contributed by atoms with Gasteiger partial charge in [0, 0.05) is 6.04 Å². The van der Waals surface area contributed by atoms with Gasteiger partial charge in [0.2, 0.25) is 0 Å². The van der Waals surface area contributed by atoms with Gasteiger partial charge >= 0.3 is 0 Å². The van der Waals surface area contributed by atoms with E-state index < -0.39 is 0 Å². The van der Waals surface area contributed by atoms with Gasteiger partial charge in [0.25, 0.3) is 0 Å². The van der Waals surface area contributed by atoms with E-state index in [0.717, 1.165) is 12.5 Å². The Labute approximate surface area is 103 Å². The molecule has 0 bridgehead atoms. The maximum atomic E-state index is 3.66. The molecule has 1 aromatic rings. The van der Waals surface area contributed by atoms with Crippen LogP contribution < -0.4 is 5.32 Å². The van der Waals surface area contributed by atoms with Gasteiger partial charge in [-0.25, -0.2) is 0 Å². The highest BCUT2D eigenvalue weighted by atomic mass is 32.1. The summed E-state index contributed by atoms with van der Waals surface area (Å²) in [7, 11) is 0. The summed E-state index contributed by atoms with van der Waals surface area (Å²) in [5, 5.41) is 8.26. The monoisotopic (exact) mass is 237 g/mol. The van der Waals surface area contributed by atoms with Crippen molar-refractivity contribution in [1.29, 1.82) is 0 Å². The number of thiophene rings is 1. The van der Waals surface area contributed by atoms with Crippen LogP contribution >= 0.6 is 11.3 Å². The Balaban J connectivity index is 2.01. The third-order valence-corrected chi connectivity index (χ3v) is 4.64. The Hall–Kier alpha value is -0.340. The fourth-order valence-electron chi connectivity index (χ4n) is 2.87. The summed E-state index contributed by atoms with van der Waals surface area (Å²) in [5.41, 5.74) is 3.01. The van der Waals surface area contributed by atoms with E-state index in [2.05, 4.69) is 29.9 Å². The molecule has 1 unspecified atom stereocenters. The van der Waals surface area contributed by atoms with Crippen molar-refractivity contribution in [2.75, 3.05) is 6.54 Å². The summed E-state index contributed by atoms with van der Waals surface area (Å²) in [6, 6.07) is 0.597. The van der Waals surface area contributed by atoms with Crippen molar-refractivity contribution in [1.82, 2.24) is 5.32 Å². The third-order valence-electron chi connectivity index (χ3n) is 3.76. The zero-order valence-corrected chi connectivity index (χ0v) is 11.3. The smallest absolute Gasteiger partial charge is 0.0333 e. The lowest BCUT2D eigenvalue weighted by Gasteiger charge is -2.21. The van der Waals surface area contributed by atoms with Crippen molar-refractivity contribution in [3.8, 4) is 0 Å². The molecule has 16 heavy (non-hydrogen) atoms. The highest BCUT2D eigenvalue weighted by molar-refractivity contribution is 7.08. The van der Waals surface area contributed by atoms with Gasteiger partial charge in [0.1, 0.15) is 0 Å². The lowest BCUT2D eigenvalue weighted by Crippen LogP contribution is -2.23. The van der Waals surface area contributed by atoms with Gasteiger partial charge in [-0.05, 0) is 47.7 Å². The normalized spacial score (nSPS) is 19.1. The van der Waals surface area contributed by atoms with Crippen LogP contribution in [-0.2, 0) is 0 Å². The largest absolute Gasteiger partial charge is 0.310 e. The average molecular weight is 237 g/mol. The Morgan fingerprint density at radius 1 is 1.38 bits per heavy atom. The fraction of sp³-hybridized carbons (Fsp3) is 0.714. The van der Waals surface area contributed by atoms with Gasteiger partial charge in [-0.15, -0.1) is 0 Å². The quantitative estimate of drug-likeness (QED) is 0.805. The molecule has 0 aromatic carbocycles. The minimum Gasteiger partial charge on any atom is -0.310 e. The SMILES string of the molecule is CCNC(CC1CCCC1)c1cscc1C. The van der Waals surface area contributed by atoms with Crippen LogP contribution in [0.1, 0.15) is 56.2 Å². The van der Waals surface area contributed by atoms with Gasteiger partial charge in [-0.1, -0.05) is 32.6 Å². The summed E-state index contributed by atoms with van der Waals surface area (Å²) in [6.07, 6.45) is 7.14. The average Bonchev–Trinajstić information content (AvgIpc) is 2.88. The third kappa shape index (κ3) is 2.86. The van der Waals surface area contributed by atoms with Crippen LogP contribution in [0.3, 0.4) is 0 Å². The Bertz CT molecular complexity index is 312. The molecule has 0 amide bonds. The molecule has 1 nitrogen and oxygen atoms in total. The topological polar surface area (TPSA) is 12.0 Å². The Morgan fingerprint density at radius 3 is 2.69 bits per heavy atom. The van der Waals surface area contributed by atoms with Gasteiger partial charge in [0.05, 0.1) is 0 Å². The first kappa shape index (κ1) is 12.1. The van der Waals surface area contributed by atoms with Crippen molar-refractivity contribution >= 4 is 11.3 Å². The summed E-state index contributed by atoms with van der Waals surface area (Å²) in [6.45, 7) is 5.53. The maximum absolute atomic E-state index is 3.66. The Morgan fingerprint density at radius 2 is 2.12 bits per heavy atom. The van der Waals surface area contributed by atoms with E-state index in [9.17, 15) is 0 Å².